The maximum atomic E-state index is 12.4. The highest BCUT2D eigenvalue weighted by Crippen LogP contribution is 2.31. The molecule has 1 fully saturated rings. The quantitative estimate of drug-likeness (QED) is 0.780. The number of nitrogens with two attached hydrogens (primary N) is 1. The second-order valence-corrected chi connectivity index (χ2v) is 5.85. The predicted molar refractivity (Wildman–Crippen MR) is 79.7 cm³/mol. The molecule has 2 heterocycles. The lowest BCUT2D eigenvalue weighted by atomic mass is 9.81. The summed E-state index contributed by atoms with van der Waals surface area (Å²) in [5.41, 5.74) is 7.16. The number of pyridine rings is 1. The van der Waals surface area contributed by atoms with Crippen molar-refractivity contribution >= 4 is 23.3 Å². The van der Waals surface area contributed by atoms with Crippen LogP contribution in [0.2, 0.25) is 0 Å². The molecular formula is C15H20N4O2. The molecule has 2 amide bonds. The molecule has 112 valence electrons. The van der Waals surface area contributed by atoms with Crippen LogP contribution < -0.4 is 16.4 Å². The number of carbonyl (C=O) groups excluding carboxylic acids is 2. The Hall–Kier alpha value is -1.95. The van der Waals surface area contributed by atoms with Crippen LogP contribution in [0.4, 0.5) is 11.5 Å². The van der Waals surface area contributed by atoms with Gasteiger partial charge in [0.05, 0.1) is 6.42 Å². The molecule has 6 nitrogen and oxygen atoms in total. The molecule has 3 rings (SSSR count). The van der Waals surface area contributed by atoms with Crippen molar-refractivity contribution in [1.29, 1.82) is 0 Å². The van der Waals surface area contributed by atoms with Crippen molar-refractivity contribution in [1.82, 2.24) is 4.98 Å². The molecular weight excluding hydrogens is 268 g/mol. The maximum absolute atomic E-state index is 12.4. The number of aromatic nitrogens is 1. The van der Waals surface area contributed by atoms with E-state index in [9.17, 15) is 9.59 Å². The third-order valence-corrected chi connectivity index (χ3v) is 4.46. The number of amides is 2. The van der Waals surface area contributed by atoms with Gasteiger partial charge in [-0.1, -0.05) is 0 Å². The van der Waals surface area contributed by atoms with Crippen molar-refractivity contribution in [3.05, 3.63) is 17.8 Å². The van der Waals surface area contributed by atoms with Gasteiger partial charge in [0.25, 0.3) is 0 Å². The molecule has 6 heteroatoms. The molecule has 0 atom stereocenters. The number of hydrogen-bond donors (Lipinski definition) is 3. The molecule has 0 radical (unpaired) electrons. The zero-order valence-corrected chi connectivity index (χ0v) is 11.9. The van der Waals surface area contributed by atoms with Crippen molar-refractivity contribution in [2.24, 2.45) is 17.6 Å². The fraction of sp³-hybridized carbons (Fsp3) is 0.533. The normalized spacial score (nSPS) is 24.3. The Balaban J connectivity index is 1.66. The van der Waals surface area contributed by atoms with Crippen LogP contribution in [-0.2, 0) is 16.0 Å². The van der Waals surface area contributed by atoms with Crippen molar-refractivity contribution in [3.8, 4) is 0 Å². The van der Waals surface area contributed by atoms with Gasteiger partial charge in [0, 0.05) is 23.4 Å². The predicted octanol–water partition coefficient (Wildman–Crippen LogP) is 1.28. The third-order valence-electron chi connectivity index (χ3n) is 4.46. The van der Waals surface area contributed by atoms with Gasteiger partial charge in [0.2, 0.25) is 11.8 Å². The molecule has 0 unspecified atom stereocenters. The molecule has 0 aromatic carbocycles. The standard InChI is InChI=1S/C15H20N4O2/c16-8-9-1-3-10(4-2-9)15(21)18-12-5-6-17-14-11(12)7-13(20)19-14/h5-6,9-10H,1-4,7-8,16H2,(H2,17,18,19,20,21). The molecule has 1 aliphatic carbocycles. The first-order valence-corrected chi connectivity index (χ1v) is 7.46. The second kappa shape index (κ2) is 5.81. The van der Waals surface area contributed by atoms with E-state index in [1.807, 2.05) is 0 Å². The summed E-state index contributed by atoms with van der Waals surface area (Å²) in [7, 11) is 0. The zero-order valence-electron chi connectivity index (χ0n) is 11.9. The number of anilines is 2. The fourth-order valence-electron chi connectivity index (χ4n) is 3.13. The van der Waals surface area contributed by atoms with Crippen molar-refractivity contribution < 1.29 is 9.59 Å². The first-order valence-electron chi connectivity index (χ1n) is 7.46. The average molecular weight is 288 g/mol. The Kier molecular flexibility index (Phi) is 3.88. The van der Waals surface area contributed by atoms with Crippen molar-refractivity contribution in [2.75, 3.05) is 17.2 Å². The topological polar surface area (TPSA) is 97.1 Å². The molecule has 21 heavy (non-hydrogen) atoms. The highest BCUT2D eigenvalue weighted by Gasteiger charge is 2.28. The third kappa shape index (κ3) is 2.90. The van der Waals surface area contributed by atoms with Crippen LogP contribution in [0.3, 0.4) is 0 Å². The Morgan fingerprint density at radius 3 is 2.86 bits per heavy atom. The molecule has 0 spiro atoms. The van der Waals surface area contributed by atoms with Gasteiger partial charge in [-0.15, -0.1) is 0 Å². The van der Waals surface area contributed by atoms with Crippen LogP contribution in [0.1, 0.15) is 31.2 Å². The van der Waals surface area contributed by atoms with Crippen LogP contribution in [-0.4, -0.2) is 23.3 Å². The number of hydrogen-bond acceptors (Lipinski definition) is 4. The summed E-state index contributed by atoms with van der Waals surface area (Å²) in [6.07, 6.45) is 5.69. The van der Waals surface area contributed by atoms with Crippen LogP contribution >= 0.6 is 0 Å². The summed E-state index contributed by atoms with van der Waals surface area (Å²) < 4.78 is 0. The molecule has 0 saturated heterocycles. The van der Waals surface area contributed by atoms with Crippen LogP contribution in [0.5, 0.6) is 0 Å². The lowest BCUT2D eigenvalue weighted by Gasteiger charge is -2.26. The number of carbonyl (C=O) groups is 2. The smallest absolute Gasteiger partial charge is 0.230 e. The van der Waals surface area contributed by atoms with Crippen LogP contribution in [0.25, 0.3) is 0 Å². The molecule has 0 bridgehead atoms. The van der Waals surface area contributed by atoms with E-state index in [1.165, 1.54) is 0 Å². The number of rotatable bonds is 3. The number of fused-ring (bicyclic) bond motifs is 1. The van der Waals surface area contributed by atoms with Gasteiger partial charge in [0.1, 0.15) is 5.82 Å². The number of nitrogens with one attached hydrogen (secondary N) is 2. The molecule has 1 saturated carbocycles. The lowest BCUT2D eigenvalue weighted by molar-refractivity contribution is -0.121. The summed E-state index contributed by atoms with van der Waals surface area (Å²) >= 11 is 0. The second-order valence-electron chi connectivity index (χ2n) is 5.85. The van der Waals surface area contributed by atoms with E-state index in [1.54, 1.807) is 12.3 Å². The summed E-state index contributed by atoms with van der Waals surface area (Å²) in [6.45, 7) is 0.708. The van der Waals surface area contributed by atoms with Gasteiger partial charge in [-0.3, -0.25) is 9.59 Å². The van der Waals surface area contributed by atoms with E-state index in [0.29, 0.717) is 24.0 Å². The highest BCUT2D eigenvalue weighted by atomic mass is 16.2. The maximum Gasteiger partial charge on any atom is 0.230 e. The largest absolute Gasteiger partial charge is 0.330 e. The van der Waals surface area contributed by atoms with E-state index in [4.69, 9.17) is 5.73 Å². The van der Waals surface area contributed by atoms with Crippen LogP contribution in [0.15, 0.2) is 12.3 Å². The van der Waals surface area contributed by atoms with Gasteiger partial charge in [0.15, 0.2) is 0 Å². The Morgan fingerprint density at radius 1 is 1.38 bits per heavy atom. The van der Waals surface area contributed by atoms with E-state index < -0.39 is 0 Å². The van der Waals surface area contributed by atoms with Gasteiger partial charge in [-0.05, 0) is 44.2 Å². The first kappa shape index (κ1) is 14.0. The van der Waals surface area contributed by atoms with Crippen molar-refractivity contribution in [2.45, 2.75) is 32.1 Å². The van der Waals surface area contributed by atoms with Gasteiger partial charge < -0.3 is 16.4 Å². The molecule has 1 aromatic heterocycles. The SMILES string of the molecule is NCC1CCC(C(=O)Nc2ccnc3c2CC(=O)N3)CC1. The van der Waals surface area contributed by atoms with E-state index in [2.05, 4.69) is 15.6 Å². The minimum atomic E-state index is -0.0809. The fourth-order valence-corrected chi connectivity index (χ4v) is 3.13. The van der Waals surface area contributed by atoms with Gasteiger partial charge in [-0.2, -0.15) is 0 Å². The Bertz CT molecular complexity index is 565. The lowest BCUT2D eigenvalue weighted by Crippen LogP contribution is -2.29. The zero-order chi connectivity index (χ0) is 14.8. The molecule has 4 N–H and O–H groups in total. The Morgan fingerprint density at radius 2 is 2.14 bits per heavy atom. The summed E-state index contributed by atoms with van der Waals surface area (Å²) in [4.78, 5) is 27.9. The summed E-state index contributed by atoms with van der Waals surface area (Å²) in [5, 5.41) is 5.65. The number of nitrogens with zero attached hydrogens (tertiary/aromatic N) is 1. The molecule has 1 aromatic rings. The molecule has 1 aliphatic heterocycles. The average Bonchev–Trinajstić information content (AvgIpc) is 2.88. The van der Waals surface area contributed by atoms with Crippen LogP contribution in [0, 0.1) is 11.8 Å². The van der Waals surface area contributed by atoms with Gasteiger partial charge >= 0.3 is 0 Å². The van der Waals surface area contributed by atoms with E-state index in [-0.39, 0.29) is 24.2 Å². The van der Waals surface area contributed by atoms with E-state index in [0.717, 1.165) is 31.2 Å². The van der Waals surface area contributed by atoms with Crippen molar-refractivity contribution in [3.63, 3.8) is 0 Å². The monoisotopic (exact) mass is 288 g/mol. The highest BCUT2D eigenvalue weighted by molar-refractivity contribution is 6.02. The summed E-state index contributed by atoms with van der Waals surface area (Å²) in [6, 6.07) is 1.75. The van der Waals surface area contributed by atoms with E-state index >= 15 is 0 Å². The minimum Gasteiger partial charge on any atom is -0.330 e. The molecule has 2 aliphatic rings. The Labute approximate surface area is 123 Å². The van der Waals surface area contributed by atoms with Gasteiger partial charge in [-0.25, -0.2) is 4.98 Å². The summed E-state index contributed by atoms with van der Waals surface area (Å²) in [5.74, 6) is 1.12. The minimum absolute atomic E-state index is 0.0400. The first-order chi connectivity index (χ1) is 10.2.